The van der Waals surface area contributed by atoms with E-state index in [1.54, 1.807) is 0 Å². The highest BCUT2D eigenvalue weighted by molar-refractivity contribution is 7.92. The first-order valence-corrected chi connectivity index (χ1v) is 6.95. The molecule has 0 amide bonds. The summed E-state index contributed by atoms with van der Waals surface area (Å²) in [6.45, 7) is 0.400. The van der Waals surface area contributed by atoms with Crippen LogP contribution in [0.1, 0.15) is 19.3 Å². The third-order valence-corrected chi connectivity index (χ3v) is 4.90. The van der Waals surface area contributed by atoms with Gasteiger partial charge >= 0.3 is 5.97 Å². The fourth-order valence-electron chi connectivity index (χ4n) is 1.77. The highest BCUT2D eigenvalue weighted by Gasteiger charge is 2.30. The number of rotatable bonds is 6. The van der Waals surface area contributed by atoms with E-state index in [0.717, 1.165) is 0 Å². The van der Waals surface area contributed by atoms with Gasteiger partial charge in [0.15, 0.2) is 9.84 Å². The van der Waals surface area contributed by atoms with Crippen LogP contribution < -0.4 is 5.32 Å². The minimum absolute atomic E-state index is 0.109. The summed E-state index contributed by atoms with van der Waals surface area (Å²) in [5.41, 5.74) is 0. The topological polar surface area (TPSA) is 104 Å². The zero-order valence-corrected chi connectivity index (χ0v) is 9.74. The van der Waals surface area contributed by atoms with Crippen molar-refractivity contribution in [2.45, 2.75) is 30.6 Å². The second kappa shape index (κ2) is 5.60. The van der Waals surface area contributed by atoms with Gasteiger partial charge in [0.25, 0.3) is 0 Å². The Kier molecular flexibility index (Phi) is 4.69. The maximum Gasteiger partial charge on any atom is 0.306 e. The predicted molar refractivity (Wildman–Crippen MR) is 57.9 cm³/mol. The lowest BCUT2D eigenvalue weighted by molar-refractivity contribution is -0.139. The summed E-state index contributed by atoms with van der Waals surface area (Å²) < 4.78 is 22.8. The molecular formula is C9H17NO5S. The lowest BCUT2D eigenvalue weighted by Crippen LogP contribution is -2.36. The summed E-state index contributed by atoms with van der Waals surface area (Å²) in [5, 5.41) is 20.0. The number of nitrogens with one attached hydrogen (secondary N) is 1. The molecule has 1 rings (SSSR count). The van der Waals surface area contributed by atoms with Gasteiger partial charge in [-0.1, -0.05) is 0 Å². The summed E-state index contributed by atoms with van der Waals surface area (Å²) in [7, 11) is -2.97. The molecule has 6 nitrogen and oxygen atoms in total. The number of aliphatic hydroxyl groups excluding tert-OH is 1. The predicted octanol–water partition coefficient (Wildman–Crippen LogP) is -1.01. The molecule has 1 heterocycles. The van der Waals surface area contributed by atoms with E-state index >= 15 is 0 Å². The van der Waals surface area contributed by atoms with Crippen LogP contribution in [-0.4, -0.2) is 54.8 Å². The smallest absolute Gasteiger partial charge is 0.306 e. The summed E-state index contributed by atoms with van der Waals surface area (Å²) in [6.07, 6.45) is 0.0304. The van der Waals surface area contributed by atoms with E-state index in [0.29, 0.717) is 19.4 Å². The summed E-state index contributed by atoms with van der Waals surface area (Å²) in [5.74, 6) is -0.834. The SMILES string of the molecule is O=C(O)CC(O)CNCC1CCCS1(=O)=O. The van der Waals surface area contributed by atoms with Crippen LogP contribution in [0.2, 0.25) is 0 Å². The average molecular weight is 251 g/mol. The molecule has 94 valence electrons. The van der Waals surface area contributed by atoms with E-state index in [-0.39, 0.29) is 24.0 Å². The second-order valence-corrected chi connectivity index (χ2v) is 6.44. The molecule has 0 spiro atoms. The van der Waals surface area contributed by atoms with E-state index in [1.165, 1.54) is 0 Å². The van der Waals surface area contributed by atoms with Gasteiger partial charge in [-0.05, 0) is 12.8 Å². The molecule has 0 aromatic heterocycles. The molecule has 2 unspecified atom stereocenters. The summed E-state index contributed by atoms with van der Waals surface area (Å²) >= 11 is 0. The molecule has 0 aliphatic carbocycles. The average Bonchev–Trinajstić information content (AvgIpc) is 2.44. The van der Waals surface area contributed by atoms with Crippen molar-refractivity contribution >= 4 is 15.8 Å². The molecule has 7 heteroatoms. The fraction of sp³-hybridized carbons (Fsp3) is 0.889. The number of hydrogen-bond donors (Lipinski definition) is 3. The molecule has 0 aromatic rings. The third-order valence-electron chi connectivity index (χ3n) is 2.63. The molecule has 0 saturated carbocycles. The zero-order valence-electron chi connectivity index (χ0n) is 8.92. The Morgan fingerprint density at radius 1 is 1.50 bits per heavy atom. The van der Waals surface area contributed by atoms with Crippen molar-refractivity contribution < 1.29 is 23.4 Å². The van der Waals surface area contributed by atoms with Crippen molar-refractivity contribution in [2.75, 3.05) is 18.8 Å². The summed E-state index contributed by atoms with van der Waals surface area (Å²) in [6, 6.07) is 0. The van der Waals surface area contributed by atoms with Crippen LogP contribution in [-0.2, 0) is 14.6 Å². The number of aliphatic carboxylic acids is 1. The van der Waals surface area contributed by atoms with E-state index in [1.807, 2.05) is 0 Å². The van der Waals surface area contributed by atoms with Gasteiger partial charge < -0.3 is 15.5 Å². The first-order chi connectivity index (χ1) is 7.42. The first kappa shape index (κ1) is 13.4. The van der Waals surface area contributed by atoms with Crippen molar-refractivity contribution in [2.24, 2.45) is 0 Å². The molecule has 1 saturated heterocycles. The van der Waals surface area contributed by atoms with Gasteiger partial charge in [0.05, 0.1) is 23.5 Å². The van der Waals surface area contributed by atoms with Crippen molar-refractivity contribution in [1.82, 2.24) is 5.32 Å². The fourth-order valence-corrected chi connectivity index (χ4v) is 3.57. The van der Waals surface area contributed by atoms with Crippen molar-refractivity contribution in [3.8, 4) is 0 Å². The number of carbonyl (C=O) groups is 1. The Morgan fingerprint density at radius 2 is 2.19 bits per heavy atom. The molecule has 1 fully saturated rings. The monoisotopic (exact) mass is 251 g/mol. The minimum Gasteiger partial charge on any atom is -0.481 e. The molecule has 0 bridgehead atoms. The van der Waals surface area contributed by atoms with E-state index in [4.69, 9.17) is 5.11 Å². The second-order valence-electron chi connectivity index (χ2n) is 4.04. The molecular weight excluding hydrogens is 234 g/mol. The van der Waals surface area contributed by atoms with E-state index < -0.39 is 21.9 Å². The van der Waals surface area contributed by atoms with Crippen molar-refractivity contribution in [3.63, 3.8) is 0 Å². The maximum absolute atomic E-state index is 11.4. The molecule has 0 aromatic carbocycles. The Morgan fingerprint density at radius 3 is 2.69 bits per heavy atom. The van der Waals surface area contributed by atoms with Crippen LogP contribution in [0.25, 0.3) is 0 Å². The van der Waals surface area contributed by atoms with Gasteiger partial charge in [0.1, 0.15) is 0 Å². The van der Waals surface area contributed by atoms with Gasteiger partial charge in [-0.25, -0.2) is 8.42 Å². The molecule has 2 atom stereocenters. The quantitative estimate of drug-likeness (QED) is 0.559. The standard InChI is InChI=1S/C9H17NO5S/c11-7(4-9(12)13)5-10-6-8-2-1-3-16(8,14)15/h7-8,10-11H,1-6H2,(H,12,13). The Labute approximate surface area is 94.6 Å². The Hall–Kier alpha value is -0.660. The minimum atomic E-state index is -2.97. The lowest BCUT2D eigenvalue weighted by Gasteiger charge is -2.13. The van der Waals surface area contributed by atoms with Gasteiger partial charge in [-0.3, -0.25) is 4.79 Å². The number of carboxylic acid groups (broad SMARTS) is 1. The van der Waals surface area contributed by atoms with Gasteiger partial charge in [-0.15, -0.1) is 0 Å². The number of hydrogen-bond acceptors (Lipinski definition) is 5. The van der Waals surface area contributed by atoms with Crippen LogP contribution in [0, 0.1) is 0 Å². The molecule has 3 N–H and O–H groups in total. The summed E-state index contributed by atoms with van der Waals surface area (Å²) in [4.78, 5) is 10.2. The number of aliphatic hydroxyl groups is 1. The number of carboxylic acids is 1. The third kappa shape index (κ3) is 4.07. The van der Waals surface area contributed by atoms with E-state index in [9.17, 15) is 18.3 Å². The highest BCUT2D eigenvalue weighted by Crippen LogP contribution is 2.18. The lowest BCUT2D eigenvalue weighted by atomic mass is 10.2. The van der Waals surface area contributed by atoms with Gasteiger partial charge in [0.2, 0.25) is 0 Å². The van der Waals surface area contributed by atoms with Crippen LogP contribution in [0.15, 0.2) is 0 Å². The van der Waals surface area contributed by atoms with Crippen LogP contribution in [0.5, 0.6) is 0 Å². The first-order valence-electron chi connectivity index (χ1n) is 5.24. The van der Waals surface area contributed by atoms with Crippen LogP contribution in [0.4, 0.5) is 0 Å². The van der Waals surface area contributed by atoms with E-state index in [2.05, 4.69) is 5.32 Å². The van der Waals surface area contributed by atoms with Crippen LogP contribution in [0.3, 0.4) is 0 Å². The van der Waals surface area contributed by atoms with Crippen LogP contribution >= 0.6 is 0 Å². The Bertz CT molecular complexity index is 340. The number of sulfone groups is 1. The van der Waals surface area contributed by atoms with Gasteiger partial charge in [-0.2, -0.15) is 0 Å². The van der Waals surface area contributed by atoms with Gasteiger partial charge in [0, 0.05) is 13.1 Å². The van der Waals surface area contributed by atoms with Crippen molar-refractivity contribution in [1.29, 1.82) is 0 Å². The molecule has 1 aliphatic rings. The molecule has 1 aliphatic heterocycles. The zero-order chi connectivity index (χ0) is 12.2. The molecule has 16 heavy (non-hydrogen) atoms. The van der Waals surface area contributed by atoms with Crippen molar-refractivity contribution in [3.05, 3.63) is 0 Å². The normalized spacial score (nSPS) is 25.4. The maximum atomic E-state index is 11.4. The molecule has 0 radical (unpaired) electrons. The largest absolute Gasteiger partial charge is 0.481 e. The highest BCUT2D eigenvalue weighted by atomic mass is 32.2. The Balaban J connectivity index is 2.23.